The molecule has 33 heavy (non-hydrogen) atoms. The van der Waals surface area contributed by atoms with Gasteiger partial charge in [0.25, 0.3) is 0 Å². The largest absolute Gasteiger partial charge is 0.456 e. The molecular formula is C25H27F4N3O. The lowest BCUT2D eigenvalue weighted by Gasteiger charge is -2.28. The number of hydrogen-bond donors (Lipinski definition) is 1. The van der Waals surface area contributed by atoms with E-state index in [1.54, 1.807) is 19.3 Å². The van der Waals surface area contributed by atoms with Crippen LogP contribution in [0.5, 0.6) is 0 Å². The van der Waals surface area contributed by atoms with Gasteiger partial charge in [-0.15, -0.1) is 0 Å². The number of furan rings is 1. The summed E-state index contributed by atoms with van der Waals surface area (Å²) >= 11 is 0. The number of nitrogens with zero attached hydrogens (tertiary/aromatic N) is 2. The number of aryl methyl sites for hydroxylation is 1. The van der Waals surface area contributed by atoms with Gasteiger partial charge >= 0.3 is 6.18 Å². The molecule has 2 heterocycles. The van der Waals surface area contributed by atoms with Crippen LogP contribution < -0.4 is 5.32 Å². The monoisotopic (exact) mass is 461 g/mol. The van der Waals surface area contributed by atoms with E-state index < -0.39 is 23.9 Å². The van der Waals surface area contributed by atoms with Crippen LogP contribution in [0.25, 0.3) is 33.2 Å². The summed E-state index contributed by atoms with van der Waals surface area (Å²) in [5.41, 5.74) is 2.17. The number of hydrogen-bond acceptors (Lipinski definition) is 3. The average Bonchev–Trinajstić information content (AvgIpc) is 3.22. The Morgan fingerprint density at radius 2 is 1.76 bits per heavy atom. The second kappa shape index (κ2) is 8.17. The molecule has 0 aliphatic rings. The molecule has 8 heteroatoms. The molecule has 4 nitrogen and oxygen atoms in total. The molecule has 0 saturated carbocycles. The summed E-state index contributed by atoms with van der Waals surface area (Å²) in [6.45, 7) is 6.24. The number of alkyl halides is 4. The lowest BCUT2D eigenvalue weighted by molar-refractivity contribution is -0.160. The van der Waals surface area contributed by atoms with Gasteiger partial charge in [-0.3, -0.25) is 5.32 Å². The highest BCUT2D eigenvalue weighted by Gasteiger charge is 2.42. The topological polar surface area (TPSA) is 43.0 Å². The number of benzene rings is 2. The van der Waals surface area contributed by atoms with E-state index in [-0.39, 0.29) is 12.0 Å². The molecule has 0 fully saturated rings. The fourth-order valence-corrected chi connectivity index (χ4v) is 4.35. The third kappa shape index (κ3) is 4.76. The Balaban J connectivity index is 1.73. The molecule has 2 aromatic heterocycles. The second-order valence-electron chi connectivity index (χ2n) is 9.32. The third-order valence-corrected chi connectivity index (χ3v) is 5.90. The Bertz CT molecular complexity index is 1300. The minimum atomic E-state index is -4.54. The Hall–Kier alpha value is -2.87. The van der Waals surface area contributed by atoms with Crippen molar-refractivity contribution in [3.8, 4) is 11.3 Å². The lowest BCUT2D eigenvalue weighted by Crippen LogP contribution is -2.41. The average molecular weight is 462 g/mol. The first kappa shape index (κ1) is 23.3. The molecule has 0 saturated heterocycles. The zero-order valence-corrected chi connectivity index (χ0v) is 19.2. The minimum Gasteiger partial charge on any atom is -0.456 e. The van der Waals surface area contributed by atoms with Gasteiger partial charge in [0.05, 0.1) is 12.0 Å². The van der Waals surface area contributed by atoms with Crippen LogP contribution in [0, 0.1) is 6.92 Å². The standard InChI is InChI=1S/C25H27F4N3O/c1-14(12-24(3,4)26)31-23(25(27,28)29)17-6-8-18-19-10-16(22-15(2)32(5)13-30-22)7-9-20(19)33-21(18)11-17/h6-11,13-14,23,31H,12H2,1-5H3. The van der Waals surface area contributed by atoms with E-state index in [4.69, 9.17) is 4.42 Å². The number of imidazole rings is 1. The maximum atomic E-state index is 14.0. The molecular weight excluding hydrogens is 434 g/mol. The molecule has 2 aromatic carbocycles. The van der Waals surface area contributed by atoms with Gasteiger partial charge in [-0.2, -0.15) is 13.2 Å². The molecule has 2 unspecified atom stereocenters. The van der Waals surface area contributed by atoms with Crippen LogP contribution in [0.4, 0.5) is 17.6 Å². The normalized spacial score (nSPS) is 14.8. The van der Waals surface area contributed by atoms with E-state index in [9.17, 15) is 17.6 Å². The van der Waals surface area contributed by atoms with Crippen molar-refractivity contribution in [2.75, 3.05) is 0 Å². The number of aromatic nitrogens is 2. The van der Waals surface area contributed by atoms with Crippen molar-refractivity contribution in [2.45, 2.75) is 58.0 Å². The molecule has 0 aliphatic carbocycles. The fraction of sp³-hybridized carbons (Fsp3) is 0.400. The first-order valence-electron chi connectivity index (χ1n) is 10.8. The third-order valence-electron chi connectivity index (χ3n) is 5.90. The molecule has 0 radical (unpaired) electrons. The first-order chi connectivity index (χ1) is 15.3. The highest BCUT2D eigenvalue weighted by atomic mass is 19.4. The zero-order valence-electron chi connectivity index (χ0n) is 19.2. The SMILES string of the molecule is Cc1c(-c2ccc3oc4cc(C(NC(C)CC(C)(C)F)C(F)(F)F)ccc4c3c2)ncn1C. The Labute approximate surface area is 189 Å². The van der Waals surface area contributed by atoms with Crippen LogP contribution in [-0.4, -0.2) is 27.4 Å². The van der Waals surface area contributed by atoms with Gasteiger partial charge in [-0.25, -0.2) is 9.37 Å². The van der Waals surface area contributed by atoms with Crippen LogP contribution in [0.2, 0.25) is 0 Å². The van der Waals surface area contributed by atoms with Gasteiger partial charge in [0.1, 0.15) is 22.9 Å². The van der Waals surface area contributed by atoms with Gasteiger partial charge in [0.15, 0.2) is 0 Å². The highest BCUT2D eigenvalue weighted by Crippen LogP contribution is 2.38. The smallest absolute Gasteiger partial charge is 0.407 e. The Morgan fingerprint density at radius 1 is 1.03 bits per heavy atom. The molecule has 4 rings (SSSR count). The molecule has 0 aliphatic heterocycles. The van der Waals surface area contributed by atoms with E-state index in [0.717, 1.165) is 27.7 Å². The molecule has 1 N–H and O–H groups in total. The minimum absolute atomic E-state index is 0.0263. The van der Waals surface area contributed by atoms with Crippen molar-refractivity contribution in [3.05, 3.63) is 54.0 Å². The summed E-state index contributed by atoms with van der Waals surface area (Å²) in [4.78, 5) is 4.45. The van der Waals surface area contributed by atoms with Crippen molar-refractivity contribution < 1.29 is 22.0 Å². The van der Waals surface area contributed by atoms with Gasteiger partial charge in [0.2, 0.25) is 0 Å². The van der Waals surface area contributed by atoms with Crippen LogP contribution >= 0.6 is 0 Å². The molecule has 0 bridgehead atoms. The van der Waals surface area contributed by atoms with Gasteiger partial charge in [0, 0.05) is 35.1 Å². The van der Waals surface area contributed by atoms with Crippen molar-refractivity contribution in [2.24, 2.45) is 7.05 Å². The number of fused-ring (bicyclic) bond motifs is 3. The number of halogens is 4. The zero-order chi connectivity index (χ0) is 24.1. The summed E-state index contributed by atoms with van der Waals surface area (Å²) in [7, 11) is 1.92. The van der Waals surface area contributed by atoms with E-state index in [1.165, 1.54) is 26.0 Å². The van der Waals surface area contributed by atoms with Gasteiger partial charge in [-0.1, -0.05) is 12.1 Å². The Morgan fingerprint density at radius 3 is 2.36 bits per heavy atom. The maximum Gasteiger partial charge on any atom is 0.407 e. The highest BCUT2D eigenvalue weighted by molar-refractivity contribution is 6.06. The predicted octanol–water partition coefficient (Wildman–Crippen LogP) is 7.01. The van der Waals surface area contributed by atoms with Crippen LogP contribution in [0.1, 0.15) is 44.5 Å². The summed E-state index contributed by atoms with van der Waals surface area (Å²) in [6, 6.07) is 7.56. The van der Waals surface area contributed by atoms with Crippen molar-refractivity contribution in [1.29, 1.82) is 0 Å². The van der Waals surface area contributed by atoms with E-state index >= 15 is 0 Å². The number of nitrogens with one attached hydrogen (secondary N) is 1. The second-order valence-corrected chi connectivity index (χ2v) is 9.32. The van der Waals surface area contributed by atoms with Crippen molar-refractivity contribution >= 4 is 21.9 Å². The quantitative estimate of drug-likeness (QED) is 0.314. The molecule has 0 spiro atoms. The summed E-state index contributed by atoms with van der Waals surface area (Å²) in [5.74, 6) is 0. The molecule has 0 amide bonds. The van der Waals surface area contributed by atoms with E-state index in [1.807, 2.05) is 36.7 Å². The first-order valence-corrected chi connectivity index (χ1v) is 10.8. The van der Waals surface area contributed by atoms with E-state index in [0.29, 0.717) is 11.2 Å². The van der Waals surface area contributed by atoms with E-state index in [2.05, 4.69) is 10.3 Å². The fourth-order valence-electron chi connectivity index (χ4n) is 4.35. The van der Waals surface area contributed by atoms with Gasteiger partial charge < -0.3 is 8.98 Å². The van der Waals surface area contributed by atoms with Crippen LogP contribution in [0.3, 0.4) is 0 Å². The van der Waals surface area contributed by atoms with Gasteiger partial charge in [-0.05, 0) is 63.9 Å². The molecule has 176 valence electrons. The van der Waals surface area contributed by atoms with Crippen molar-refractivity contribution in [3.63, 3.8) is 0 Å². The maximum absolute atomic E-state index is 14.0. The van der Waals surface area contributed by atoms with Crippen molar-refractivity contribution in [1.82, 2.24) is 14.9 Å². The van der Waals surface area contributed by atoms with Crippen LogP contribution in [0.15, 0.2) is 47.1 Å². The summed E-state index contributed by atoms with van der Waals surface area (Å²) in [5, 5.41) is 4.08. The lowest BCUT2D eigenvalue weighted by atomic mass is 9.98. The van der Waals surface area contributed by atoms with Crippen LogP contribution in [-0.2, 0) is 7.05 Å². The summed E-state index contributed by atoms with van der Waals surface area (Å²) in [6.07, 6.45) is -2.84. The molecule has 2 atom stereocenters. The Kier molecular flexibility index (Phi) is 5.76. The predicted molar refractivity (Wildman–Crippen MR) is 122 cm³/mol. The summed E-state index contributed by atoms with van der Waals surface area (Å²) < 4.78 is 63.4. The molecule has 4 aromatic rings. The number of rotatable bonds is 6.